The van der Waals surface area contributed by atoms with Crippen LogP contribution in [0.5, 0.6) is 0 Å². The quantitative estimate of drug-likeness (QED) is 0.604. The molecule has 0 spiro atoms. The van der Waals surface area contributed by atoms with E-state index in [1.165, 1.54) is 10.5 Å². The van der Waals surface area contributed by atoms with Crippen molar-refractivity contribution in [3.8, 4) is 0 Å². The molecule has 0 bridgehead atoms. The summed E-state index contributed by atoms with van der Waals surface area (Å²) in [4.78, 5) is 6.58. The number of likely N-dealkylation sites (N-methyl/N-ethyl adjacent to an activating group) is 1. The molecule has 1 saturated heterocycles. The molecule has 1 N–H and O–H groups in total. The topological polar surface area (TPSA) is 77.9 Å². The lowest BCUT2D eigenvalue weighted by Crippen LogP contribution is -2.47. The van der Waals surface area contributed by atoms with Gasteiger partial charge < -0.3 is 4.90 Å². The number of hydrogen-bond acceptors (Lipinski definition) is 6. The van der Waals surface area contributed by atoms with Crippen LogP contribution in [-0.2, 0) is 10.0 Å². The largest absolute Gasteiger partial charge is 0.304 e. The maximum Gasteiger partial charge on any atom is 0.244 e. The summed E-state index contributed by atoms with van der Waals surface area (Å²) in [5, 5.41) is 4.49. The molecule has 8 heteroatoms. The van der Waals surface area contributed by atoms with Crippen LogP contribution in [0.15, 0.2) is 52.1 Å². The summed E-state index contributed by atoms with van der Waals surface area (Å²) in [5.41, 5.74) is 6.25. The van der Waals surface area contributed by atoms with Crippen molar-refractivity contribution < 1.29 is 8.42 Å². The number of pyridine rings is 1. The van der Waals surface area contributed by atoms with Crippen molar-refractivity contribution in [3.63, 3.8) is 0 Å². The van der Waals surface area contributed by atoms with Gasteiger partial charge in [0.05, 0.1) is 5.71 Å². The summed E-state index contributed by atoms with van der Waals surface area (Å²) < 4.78 is 27.0. The fourth-order valence-corrected chi connectivity index (χ4v) is 4.69. The SMILES string of the molecule is C=C(C)[C@@H]1CC=C(C)/C(=N/Nc2ccc(S(=O)(=O)N3CCN(C)CC3)cn2)C1. The number of rotatable bonds is 5. The molecule has 1 fully saturated rings. The Hall–Kier alpha value is -2.03. The van der Waals surface area contributed by atoms with Gasteiger partial charge in [0.15, 0.2) is 0 Å². The van der Waals surface area contributed by atoms with Gasteiger partial charge in [0.1, 0.15) is 10.7 Å². The van der Waals surface area contributed by atoms with Crippen molar-refractivity contribution in [2.45, 2.75) is 31.6 Å². The highest BCUT2D eigenvalue weighted by Crippen LogP contribution is 2.26. The molecule has 0 aromatic carbocycles. The molecule has 1 atom stereocenters. The zero-order valence-corrected chi connectivity index (χ0v) is 17.7. The van der Waals surface area contributed by atoms with Gasteiger partial charge in [-0.25, -0.2) is 13.4 Å². The zero-order chi connectivity index (χ0) is 20.3. The molecule has 1 aliphatic heterocycles. The van der Waals surface area contributed by atoms with Crippen LogP contribution in [0.3, 0.4) is 0 Å². The first-order valence-corrected chi connectivity index (χ1v) is 11.0. The lowest BCUT2D eigenvalue weighted by atomic mass is 9.85. The molecule has 1 aromatic heterocycles. The lowest BCUT2D eigenvalue weighted by molar-refractivity contribution is 0.222. The lowest BCUT2D eigenvalue weighted by Gasteiger charge is -2.31. The third-order valence-corrected chi connectivity index (χ3v) is 7.32. The first-order chi connectivity index (χ1) is 13.3. The Kier molecular flexibility index (Phi) is 6.32. The van der Waals surface area contributed by atoms with Crippen molar-refractivity contribution >= 4 is 21.6 Å². The van der Waals surface area contributed by atoms with Gasteiger partial charge in [0, 0.05) is 32.4 Å². The third-order valence-electron chi connectivity index (χ3n) is 5.44. The van der Waals surface area contributed by atoms with Crippen molar-refractivity contribution in [2.24, 2.45) is 11.0 Å². The monoisotopic (exact) mass is 403 g/mol. The summed E-state index contributed by atoms with van der Waals surface area (Å²) in [6.45, 7) is 10.6. The number of piperazine rings is 1. The fourth-order valence-electron chi connectivity index (χ4n) is 3.33. The summed E-state index contributed by atoms with van der Waals surface area (Å²) in [6.07, 6.45) is 5.43. The molecule has 3 rings (SSSR count). The van der Waals surface area contributed by atoms with E-state index in [0.717, 1.165) is 42.8 Å². The second-order valence-corrected chi connectivity index (χ2v) is 9.56. The maximum absolute atomic E-state index is 12.8. The first kappa shape index (κ1) is 20.7. The molecule has 1 aromatic rings. The molecule has 28 heavy (non-hydrogen) atoms. The Morgan fingerprint density at radius 3 is 2.61 bits per heavy atom. The Labute approximate surface area is 167 Å². The van der Waals surface area contributed by atoms with Crippen LogP contribution < -0.4 is 5.43 Å². The van der Waals surface area contributed by atoms with Gasteiger partial charge in [-0.2, -0.15) is 9.41 Å². The van der Waals surface area contributed by atoms with Crippen LogP contribution in [-0.4, -0.2) is 61.5 Å². The van der Waals surface area contributed by atoms with Gasteiger partial charge >= 0.3 is 0 Å². The molecule has 152 valence electrons. The third kappa shape index (κ3) is 4.68. The average Bonchev–Trinajstić information content (AvgIpc) is 2.68. The molecule has 0 unspecified atom stereocenters. The first-order valence-electron chi connectivity index (χ1n) is 9.57. The summed E-state index contributed by atoms with van der Waals surface area (Å²) >= 11 is 0. The minimum Gasteiger partial charge on any atom is -0.304 e. The molecule has 1 aliphatic carbocycles. The number of hydrogen-bond donors (Lipinski definition) is 1. The van der Waals surface area contributed by atoms with Gasteiger partial charge in [-0.05, 0) is 57.4 Å². The fraction of sp³-hybridized carbons (Fsp3) is 0.500. The zero-order valence-electron chi connectivity index (χ0n) is 16.9. The van der Waals surface area contributed by atoms with Crippen LogP contribution in [0, 0.1) is 5.92 Å². The number of aromatic nitrogens is 1. The summed E-state index contributed by atoms with van der Waals surface area (Å²) in [7, 11) is -1.51. The molecule has 0 radical (unpaired) electrons. The van der Waals surface area contributed by atoms with Crippen LogP contribution in [0.25, 0.3) is 0 Å². The van der Waals surface area contributed by atoms with Gasteiger partial charge in [-0.3, -0.25) is 5.43 Å². The Balaban J connectivity index is 1.68. The molecule has 2 heterocycles. The molecular formula is C20H29N5O2S. The predicted molar refractivity (Wildman–Crippen MR) is 113 cm³/mol. The number of nitrogens with zero attached hydrogens (tertiary/aromatic N) is 4. The van der Waals surface area contributed by atoms with E-state index in [0.29, 0.717) is 24.8 Å². The van der Waals surface area contributed by atoms with E-state index in [1.54, 1.807) is 12.1 Å². The Morgan fingerprint density at radius 2 is 2.00 bits per heavy atom. The average molecular weight is 404 g/mol. The van der Waals surface area contributed by atoms with Gasteiger partial charge in [0.25, 0.3) is 0 Å². The van der Waals surface area contributed by atoms with E-state index in [9.17, 15) is 8.42 Å². The molecular weight excluding hydrogens is 374 g/mol. The maximum atomic E-state index is 12.8. The molecule has 0 amide bonds. The van der Waals surface area contributed by atoms with Gasteiger partial charge in [-0.15, -0.1) is 0 Å². The van der Waals surface area contributed by atoms with Crippen molar-refractivity contribution in [2.75, 3.05) is 38.7 Å². The number of allylic oxidation sites excluding steroid dienone is 3. The minimum absolute atomic E-state index is 0.214. The van der Waals surface area contributed by atoms with Crippen molar-refractivity contribution in [3.05, 3.63) is 42.1 Å². The van der Waals surface area contributed by atoms with E-state index in [4.69, 9.17) is 0 Å². The van der Waals surface area contributed by atoms with Crippen LogP contribution in [0.1, 0.15) is 26.7 Å². The summed E-state index contributed by atoms with van der Waals surface area (Å²) in [6, 6.07) is 3.24. The van der Waals surface area contributed by atoms with Crippen LogP contribution in [0.4, 0.5) is 5.82 Å². The van der Waals surface area contributed by atoms with Crippen LogP contribution >= 0.6 is 0 Å². The second-order valence-electron chi connectivity index (χ2n) is 7.63. The number of nitrogens with one attached hydrogen (secondary N) is 1. The normalized spacial score (nSPS) is 23.5. The number of sulfonamides is 1. The number of anilines is 1. The highest BCUT2D eigenvalue weighted by atomic mass is 32.2. The van der Waals surface area contributed by atoms with Crippen LogP contribution in [0.2, 0.25) is 0 Å². The Morgan fingerprint density at radius 1 is 1.29 bits per heavy atom. The minimum atomic E-state index is -3.50. The van der Waals surface area contributed by atoms with E-state index < -0.39 is 10.0 Å². The highest BCUT2D eigenvalue weighted by molar-refractivity contribution is 7.89. The standard InChI is InChI=1S/C20H29N5O2S/c1-15(2)17-6-5-16(3)19(13-17)22-23-20-8-7-18(14-21-20)28(26,27)25-11-9-24(4)10-12-25/h5,7-8,14,17H,1,6,9-13H2,2-4H3,(H,21,23)/b22-19+/t17-/m1/s1. The van der Waals surface area contributed by atoms with E-state index >= 15 is 0 Å². The molecule has 0 saturated carbocycles. The molecule has 2 aliphatic rings. The predicted octanol–water partition coefficient (Wildman–Crippen LogP) is 2.72. The van der Waals surface area contributed by atoms with Crippen molar-refractivity contribution in [1.82, 2.24) is 14.2 Å². The van der Waals surface area contributed by atoms with Gasteiger partial charge in [-0.1, -0.05) is 18.2 Å². The van der Waals surface area contributed by atoms with E-state index in [1.807, 2.05) is 20.9 Å². The van der Waals surface area contributed by atoms with E-state index in [-0.39, 0.29) is 4.90 Å². The number of hydrazone groups is 1. The van der Waals surface area contributed by atoms with E-state index in [2.05, 4.69) is 33.1 Å². The molecule has 7 nitrogen and oxygen atoms in total. The summed E-state index contributed by atoms with van der Waals surface area (Å²) in [5.74, 6) is 0.934. The van der Waals surface area contributed by atoms with Gasteiger partial charge in [0.2, 0.25) is 10.0 Å². The Bertz CT molecular complexity index is 882. The highest BCUT2D eigenvalue weighted by Gasteiger charge is 2.27. The second kappa shape index (κ2) is 8.55. The smallest absolute Gasteiger partial charge is 0.244 e. The van der Waals surface area contributed by atoms with Crippen molar-refractivity contribution in [1.29, 1.82) is 0 Å².